The lowest BCUT2D eigenvalue weighted by atomic mass is 9.79. The molecule has 1 saturated heterocycles. The van der Waals surface area contributed by atoms with Crippen molar-refractivity contribution in [2.24, 2.45) is 11.1 Å². The number of fused-ring (bicyclic) bond motifs is 1. The van der Waals surface area contributed by atoms with Crippen LogP contribution >= 0.6 is 0 Å². The Balaban J connectivity index is 1.62. The van der Waals surface area contributed by atoms with E-state index in [1.807, 2.05) is 30.3 Å². The number of hydrogen-bond donors (Lipinski definition) is 2. The van der Waals surface area contributed by atoms with Crippen LogP contribution in [0.15, 0.2) is 34.7 Å². The van der Waals surface area contributed by atoms with Crippen molar-refractivity contribution in [1.82, 2.24) is 5.32 Å². The number of amides is 1. The summed E-state index contributed by atoms with van der Waals surface area (Å²) >= 11 is 0. The second-order valence-corrected chi connectivity index (χ2v) is 5.61. The zero-order valence-electron chi connectivity index (χ0n) is 11.9. The maximum absolute atomic E-state index is 11.8. The molecule has 5 heteroatoms. The maximum atomic E-state index is 11.8. The molecule has 1 aromatic heterocycles. The van der Waals surface area contributed by atoms with Gasteiger partial charge in [-0.3, -0.25) is 4.79 Å². The van der Waals surface area contributed by atoms with E-state index < -0.39 is 5.41 Å². The van der Waals surface area contributed by atoms with Crippen LogP contribution in [0.25, 0.3) is 11.0 Å². The highest BCUT2D eigenvalue weighted by atomic mass is 16.5. The predicted molar refractivity (Wildman–Crippen MR) is 79.6 cm³/mol. The van der Waals surface area contributed by atoms with Crippen LogP contribution in [-0.2, 0) is 16.1 Å². The number of primary amides is 1. The Hall–Kier alpha value is -1.85. The molecule has 0 atom stereocenters. The van der Waals surface area contributed by atoms with Crippen molar-refractivity contribution in [3.63, 3.8) is 0 Å². The van der Waals surface area contributed by atoms with Crippen LogP contribution in [0.2, 0.25) is 0 Å². The van der Waals surface area contributed by atoms with Crippen molar-refractivity contribution >= 4 is 16.9 Å². The third-order valence-electron chi connectivity index (χ3n) is 4.21. The summed E-state index contributed by atoms with van der Waals surface area (Å²) < 4.78 is 11.1. The SMILES string of the molecule is NC(=O)C1(CNCc2cc3ccccc3o2)CCOCC1. The summed E-state index contributed by atoms with van der Waals surface area (Å²) in [6, 6.07) is 9.92. The van der Waals surface area contributed by atoms with Gasteiger partial charge in [-0.15, -0.1) is 0 Å². The standard InChI is InChI=1S/C16H20N2O3/c17-15(19)16(5-7-20-8-6-16)11-18-10-13-9-12-3-1-2-4-14(12)21-13/h1-4,9,18H,5-8,10-11H2,(H2,17,19). The molecule has 0 bridgehead atoms. The summed E-state index contributed by atoms with van der Waals surface area (Å²) in [5.74, 6) is 0.616. The van der Waals surface area contributed by atoms with Gasteiger partial charge in [0.25, 0.3) is 0 Å². The molecule has 3 N–H and O–H groups in total. The molecule has 112 valence electrons. The molecular weight excluding hydrogens is 268 g/mol. The number of para-hydroxylation sites is 1. The van der Waals surface area contributed by atoms with E-state index in [0.717, 1.165) is 16.7 Å². The molecule has 0 spiro atoms. The molecule has 1 aliphatic heterocycles. The molecule has 1 fully saturated rings. The van der Waals surface area contributed by atoms with Crippen LogP contribution in [0.1, 0.15) is 18.6 Å². The predicted octanol–water partition coefficient (Wildman–Crippen LogP) is 1.80. The molecule has 2 heterocycles. The van der Waals surface area contributed by atoms with Gasteiger partial charge in [0.2, 0.25) is 5.91 Å². The molecule has 1 amide bonds. The summed E-state index contributed by atoms with van der Waals surface area (Å²) in [6.07, 6.45) is 1.35. The number of carbonyl (C=O) groups excluding carboxylic acids is 1. The molecule has 5 nitrogen and oxygen atoms in total. The Labute approximate surface area is 123 Å². The van der Waals surface area contributed by atoms with Gasteiger partial charge in [0, 0.05) is 25.1 Å². The van der Waals surface area contributed by atoms with E-state index in [0.29, 0.717) is 39.1 Å². The molecule has 1 aromatic carbocycles. The van der Waals surface area contributed by atoms with E-state index in [9.17, 15) is 4.79 Å². The average molecular weight is 288 g/mol. The second kappa shape index (κ2) is 5.87. The van der Waals surface area contributed by atoms with Gasteiger partial charge in [-0.05, 0) is 25.0 Å². The molecular formula is C16H20N2O3. The zero-order chi connectivity index (χ0) is 14.7. The third kappa shape index (κ3) is 2.94. The minimum Gasteiger partial charge on any atom is -0.460 e. The maximum Gasteiger partial charge on any atom is 0.225 e. The first kappa shape index (κ1) is 14.1. The smallest absolute Gasteiger partial charge is 0.225 e. The second-order valence-electron chi connectivity index (χ2n) is 5.61. The third-order valence-corrected chi connectivity index (χ3v) is 4.21. The number of ether oxygens (including phenoxy) is 1. The van der Waals surface area contributed by atoms with E-state index in [-0.39, 0.29) is 5.91 Å². The first-order chi connectivity index (χ1) is 10.2. The van der Waals surface area contributed by atoms with E-state index in [1.54, 1.807) is 0 Å². The van der Waals surface area contributed by atoms with Gasteiger partial charge >= 0.3 is 0 Å². The molecule has 21 heavy (non-hydrogen) atoms. The number of nitrogens with one attached hydrogen (secondary N) is 1. The van der Waals surface area contributed by atoms with Crippen LogP contribution in [0, 0.1) is 5.41 Å². The van der Waals surface area contributed by atoms with E-state index in [2.05, 4.69) is 5.32 Å². The van der Waals surface area contributed by atoms with Crippen molar-refractivity contribution in [3.05, 3.63) is 36.1 Å². The van der Waals surface area contributed by atoms with E-state index >= 15 is 0 Å². The van der Waals surface area contributed by atoms with E-state index in [4.69, 9.17) is 14.9 Å². The summed E-state index contributed by atoms with van der Waals surface area (Å²) in [7, 11) is 0. The molecule has 0 radical (unpaired) electrons. The molecule has 2 aromatic rings. The Kier molecular flexibility index (Phi) is 3.94. The normalized spacial score (nSPS) is 17.9. The summed E-state index contributed by atoms with van der Waals surface area (Å²) in [5, 5.41) is 4.39. The molecule has 1 aliphatic rings. The lowest BCUT2D eigenvalue weighted by Crippen LogP contribution is -2.48. The minimum atomic E-state index is -0.496. The van der Waals surface area contributed by atoms with Crippen molar-refractivity contribution in [2.75, 3.05) is 19.8 Å². The van der Waals surface area contributed by atoms with Gasteiger partial charge < -0.3 is 20.2 Å². The first-order valence-corrected chi connectivity index (χ1v) is 7.25. The Morgan fingerprint density at radius 1 is 1.29 bits per heavy atom. The summed E-state index contributed by atoms with van der Waals surface area (Å²) in [6.45, 7) is 2.33. The van der Waals surface area contributed by atoms with Crippen molar-refractivity contribution < 1.29 is 13.9 Å². The highest BCUT2D eigenvalue weighted by Gasteiger charge is 2.37. The topological polar surface area (TPSA) is 77.5 Å². The molecule has 0 unspecified atom stereocenters. The fraction of sp³-hybridized carbons (Fsp3) is 0.438. The number of rotatable bonds is 5. The van der Waals surface area contributed by atoms with Crippen LogP contribution < -0.4 is 11.1 Å². The Bertz CT molecular complexity index is 596. The quantitative estimate of drug-likeness (QED) is 0.879. The summed E-state index contributed by atoms with van der Waals surface area (Å²) in [5.41, 5.74) is 5.97. The zero-order valence-corrected chi connectivity index (χ0v) is 11.9. The van der Waals surface area contributed by atoms with Gasteiger partial charge in [-0.25, -0.2) is 0 Å². The molecule has 0 saturated carbocycles. The lowest BCUT2D eigenvalue weighted by molar-refractivity contribution is -0.132. The number of benzene rings is 1. The van der Waals surface area contributed by atoms with Crippen LogP contribution in [-0.4, -0.2) is 25.7 Å². The highest BCUT2D eigenvalue weighted by molar-refractivity contribution is 5.81. The minimum absolute atomic E-state index is 0.247. The average Bonchev–Trinajstić information content (AvgIpc) is 2.90. The Morgan fingerprint density at radius 3 is 2.76 bits per heavy atom. The van der Waals surface area contributed by atoms with Crippen LogP contribution in [0.5, 0.6) is 0 Å². The number of hydrogen-bond acceptors (Lipinski definition) is 4. The Morgan fingerprint density at radius 2 is 2.05 bits per heavy atom. The van der Waals surface area contributed by atoms with Crippen LogP contribution in [0.4, 0.5) is 0 Å². The number of furan rings is 1. The number of nitrogens with two attached hydrogens (primary N) is 1. The highest BCUT2D eigenvalue weighted by Crippen LogP contribution is 2.29. The van der Waals surface area contributed by atoms with Gasteiger partial charge in [0.15, 0.2) is 0 Å². The van der Waals surface area contributed by atoms with Crippen molar-refractivity contribution in [3.8, 4) is 0 Å². The van der Waals surface area contributed by atoms with Gasteiger partial charge in [0.05, 0.1) is 12.0 Å². The van der Waals surface area contributed by atoms with Crippen molar-refractivity contribution in [2.45, 2.75) is 19.4 Å². The van der Waals surface area contributed by atoms with Crippen molar-refractivity contribution in [1.29, 1.82) is 0 Å². The molecule has 3 rings (SSSR count). The lowest BCUT2D eigenvalue weighted by Gasteiger charge is -2.34. The monoisotopic (exact) mass is 288 g/mol. The molecule has 0 aliphatic carbocycles. The van der Waals surface area contributed by atoms with Gasteiger partial charge in [-0.2, -0.15) is 0 Å². The largest absolute Gasteiger partial charge is 0.460 e. The fourth-order valence-electron chi connectivity index (χ4n) is 2.82. The van der Waals surface area contributed by atoms with Crippen LogP contribution in [0.3, 0.4) is 0 Å². The summed E-state index contributed by atoms with van der Waals surface area (Å²) in [4.78, 5) is 11.8. The van der Waals surface area contributed by atoms with E-state index in [1.165, 1.54) is 0 Å². The number of carbonyl (C=O) groups is 1. The fourth-order valence-corrected chi connectivity index (χ4v) is 2.82. The van der Waals surface area contributed by atoms with Gasteiger partial charge in [0.1, 0.15) is 11.3 Å². The first-order valence-electron chi connectivity index (χ1n) is 7.25. The van der Waals surface area contributed by atoms with Gasteiger partial charge in [-0.1, -0.05) is 18.2 Å².